The molecular formula is C6H8N4OS. The molecule has 0 unspecified atom stereocenters. The van der Waals surface area contributed by atoms with Crippen LogP contribution >= 0.6 is 11.8 Å². The van der Waals surface area contributed by atoms with Gasteiger partial charge in [-0.2, -0.15) is 0 Å². The monoisotopic (exact) mass is 184 g/mol. The first-order chi connectivity index (χ1) is 5.65. The molecule has 1 aliphatic heterocycles. The fraction of sp³-hybridized carbons (Fsp3) is 0.500. The van der Waals surface area contributed by atoms with Crippen LogP contribution in [-0.4, -0.2) is 30.6 Å². The molecule has 0 bridgehead atoms. The number of nitrogens with zero attached hydrogens (tertiary/aromatic N) is 4. The highest BCUT2D eigenvalue weighted by molar-refractivity contribution is 8.01. The Morgan fingerprint density at radius 1 is 1.67 bits per heavy atom. The third-order valence-electron chi connectivity index (χ3n) is 1.72. The zero-order valence-electron chi connectivity index (χ0n) is 6.72. The van der Waals surface area contributed by atoms with Crippen LogP contribution in [-0.2, 0) is 0 Å². The van der Waals surface area contributed by atoms with Crippen molar-refractivity contribution >= 4 is 17.6 Å². The average molecular weight is 184 g/mol. The van der Waals surface area contributed by atoms with Crippen LogP contribution in [0.5, 0.6) is 0 Å². The second-order valence-electron chi connectivity index (χ2n) is 3.02. The van der Waals surface area contributed by atoms with E-state index in [1.165, 1.54) is 11.8 Å². The highest BCUT2D eigenvalue weighted by Crippen LogP contribution is 2.38. The second kappa shape index (κ2) is 2.22. The fourth-order valence-corrected chi connectivity index (χ4v) is 2.18. The summed E-state index contributed by atoms with van der Waals surface area (Å²) in [6.45, 7) is 3.95. The molecule has 2 heterocycles. The number of fused-ring (bicyclic) bond motifs is 1. The lowest BCUT2D eigenvalue weighted by Crippen LogP contribution is -2.27. The first-order valence-corrected chi connectivity index (χ1v) is 4.29. The lowest BCUT2D eigenvalue weighted by Gasteiger charge is -2.13. The fourth-order valence-electron chi connectivity index (χ4n) is 1.17. The molecule has 1 aliphatic rings. The molecule has 0 amide bonds. The van der Waals surface area contributed by atoms with Gasteiger partial charge in [-0.3, -0.25) is 4.57 Å². The minimum absolute atomic E-state index is 0.222. The number of oxime groups is 1. The van der Waals surface area contributed by atoms with Gasteiger partial charge in [0.25, 0.3) is 0 Å². The summed E-state index contributed by atoms with van der Waals surface area (Å²) >= 11 is 1.53. The van der Waals surface area contributed by atoms with E-state index in [9.17, 15) is 0 Å². The molecule has 0 radical (unpaired) electrons. The molecule has 0 fully saturated rings. The number of rotatable bonds is 0. The first kappa shape index (κ1) is 7.60. The molecule has 1 N–H and O–H groups in total. The highest BCUT2D eigenvalue weighted by Gasteiger charge is 2.38. The van der Waals surface area contributed by atoms with Gasteiger partial charge in [-0.15, -0.1) is 10.2 Å². The largest absolute Gasteiger partial charge is 0.409 e. The molecule has 0 aliphatic carbocycles. The molecule has 0 saturated carbocycles. The third-order valence-corrected chi connectivity index (χ3v) is 2.88. The van der Waals surface area contributed by atoms with Gasteiger partial charge in [-0.05, 0) is 13.8 Å². The van der Waals surface area contributed by atoms with Crippen molar-refractivity contribution in [3.8, 4) is 0 Å². The van der Waals surface area contributed by atoms with Crippen molar-refractivity contribution in [1.82, 2.24) is 14.8 Å². The Hall–Kier alpha value is -1.04. The maximum Gasteiger partial charge on any atom is 0.197 e. The van der Waals surface area contributed by atoms with E-state index >= 15 is 0 Å². The van der Waals surface area contributed by atoms with Crippen molar-refractivity contribution in [2.75, 3.05) is 0 Å². The zero-order chi connectivity index (χ0) is 8.77. The van der Waals surface area contributed by atoms with Gasteiger partial charge in [-0.1, -0.05) is 16.9 Å². The summed E-state index contributed by atoms with van der Waals surface area (Å²) in [6.07, 6.45) is 1.55. The van der Waals surface area contributed by atoms with Gasteiger partial charge in [0.1, 0.15) is 6.33 Å². The Kier molecular flexibility index (Phi) is 1.41. The number of thioether (sulfide) groups is 1. The Morgan fingerprint density at radius 2 is 2.42 bits per heavy atom. The maximum absolute atomic E-state index is 8.77. The van der Waals surface area contributed by atoms with Gasteiger partial charge >= 0.3 is 0 Å². The van der Waals surface area contributed by atoms with Gasteiger partial charge in [0.05, 0.1) is 4.75 Å². The van der Waals surface area contributed by atoms with E-state index in [0.29, 0.717) is 5.84 Å². The molecule has 0 aromatic carbocycles. The molecular weight excluding hydrogens is 176 g/mol. The Balaban J connectivity index is 2.56. The van der Waals surface area contributed by atoms with Crippen LogP contribution in [0, 0.1) is 0 Å². The summed E-state index contributed by atoms with van der Waals surface area (Å²) in [7, 11) is 0. The lowest BCUT2D eigenvalue weighted by molar-refractivity contribution is 0.314. The van der Waals surface area contributed by atoms with E-state index in [2.05, 4.69) is 15.4 Å². The number of hydrogen-bond acceptors (Lipinski definition) is 5. The molecule has 64 valence electrons. The van der Waals surface area contributed by atoms with E-state index in [1.54, 1.807) is 10.9 Å². The predicted octanol–water partition coefficient (Wildman–Crippen LogP) is 0.798. The topological polar surface area (TPSA) is 63.3 Å². The minimum Gasteiger partial charge on any atom is -0.409 e. The molecule has 12 heavy (non-hydrogen) atoms. The van der Waals surface area contributed by atoms with Gasteiger partial charge in [-0.25, -0.2) is 0 Å². The van der Waals surface area contributed by atoms with Crippen LogP contribution in [0.25, 0.3) is 0 Å². The van der Waals surface area contributed by atoms with Crippen LogP contribution in [0.1, 0.15) is 13.8 Å². The van der Waals surface area contributed by atoms with E-state index in [-0.39, 0.29) is 4.75 Å². The normalized spacial score (nSPS) is 23.0. The summed E-state index contributed by atoms with van der Waals surface area (Å²) in [5.41, 5.74) is 0. The van der Waals surface area contributed by atoms with E-state index in [4.69, 9.17) is 5.21 Å². The average Bonchev–Trinajstić information content (AvgIpc) is 2.43. The Labute approximate surface area is 73.5 Å². The summed E-state index contributed by atoms with van der Waals surface area (Å²) in [4.78, 5) is 0. The number of hydrogen-bond donors (Lipinski definition) is 1. The van der Waals surface area contributed by atoms with Crippen LogP contribution in [0.4, 0.5) is 0 Å². The summed E-state index contributed by atoms with van der Waals surface area (Å²) in [5, 5.41) is 20.4. The first-order valence-electron chi connectivity index (χ1n) is 3.47. The van der Waals surface area contributed by atoms with Gasteiger partial charge in [0.2, 0.25) is 0 Å². The SMILES string of the molecule is CC1(C)Sc2nncn2C1=NO. The molecule has 5 nitrogen and oxygen atoms in total. The highest BCUT2D eigenvalue weighted by atomic mass is 32.2. The Morgan fingerprint density at radius 3 is 3.08 bits per heavy atom. The van der Waals surface area contributed by atoms with Crippen molar-refractivity contribution < 1.29 is 5.21 Å². The van der Waals surface area contributed by atoms with Crippen molar-refractivity contribution in [3.05, 3.63) is 6.33 Å². The van der Waals surface area contributed by atoms with Crippen molar-refractivity contribution in [2.24, 2.45) is 5.16 Å². The summed E-state index contributed by atoms with van der Waals surface area (Å²) in [6, 6.07) is 0. The standard InChI is InChI=1S/C6H8N4OS/c1-6(2)4(9-11)10-3-7-8-5(10)12-6/h3,11H,1-2H3. The van der Waals surface area contributed by atoms with Crippen LogP contribution in [0.2, 0.25) is 0 Å². The van der Waals surface area contributed by atoms with Crippen molar-refractivity contribution in [2.45, 2.75) is 23.8 Å². The minimum atomic E-state index is -0.222. The predicted molar refractivity (Wildman–Crippen MR) is 44.6 cm³/mol. The molecule has 0 saturated heterocycles. The zero-order valence-corrected chi connectivity index (χ0v) is 7.54. The molecule has 1 aromatic rings. The van der Waals surface area contributed by atoms with Gasteiger partial charge in [0, 0.05) is 0 Å². The molecule has 6 heteroatoms. The summed E-state index contributed by atoms with van der Waals surface area (Å²) in [5.74, 6) is 0.576. The van der Waals surface area contributed by atoms with E-state index in [1.807, 2.05) is 13.8 Å². The molecule has 1 aromatic heterocycles. The molecule has 0 atom stereocenters. The van der Waals surface area contributed by atoms with E-state index in [0.717, 1.165) is 5.16 Å². The smallest absolute Gasteiger partial charge is 0.197 e. The quantitative estimate of drug-likeness (QED) is 0.478. The van der Waals surface area contributed by atoms with Crippen LogP contribution in [0.15, 0.2) is 16.6 Å². The molecule has 0 spiro atoms. The van der Waals surface area contributed by atoms with E-state index < -0.39 is 0 Å². The van der Waals surface area contributed by atoms with Gasteiger partial charge in [0.15, 0.2) is 11.0 Å². The second-order valence-corrected chi connectivity index (χ2v) is 4.61. The Bertz CT molecular complexity index is 343. The summed E-state index contributed by atoms with van der Waals surface area (Å²) < 4.78 is 1.46. The maximum atomic E-state index is 8.77. The van der Waals surface area contributed by atoms with Crippen molar-refractivity contribution in [3.63, 3.8) is 0 Å². The lowest BCUT2D eigenvalue weighted by atomic mass is 10.2. The number of aromatic nitrogens is 3. The van der Waals surface area contributed by atoms with Crippen LogP contribution in [0.3, 0.4) is 0 Å². The molecule has 2 rings (SSSR count). The van der Waals surface area contributed by atoms with Crippen LogP contribution < -0.4 is 0 Å². The van der Waals surface area contributed by atoms with Crippen molar-refractivity contribution in [1.29, 1.82) is 0 Å². The third kappa shape index (κ3) is 0.842. The van der Waals surface area contributed by atoms with Gasteiger partial charge < -0.3 is 5.21 Å².